The summed E-state index contributed by atoms with van der Waals surface area (Å²) in [7, 11) is 0. The number of amides is 1. The summed E-state index contributed by atoms with van der Waals surface area (Å²) >= 11 is 3.52. The molecule has 2 aromatic rings. The fourth-order valence-corrected chi connectivity index (χ4v) is 4.30. The van der Waals surface area contributed by atoms with Gasteiger partial charge in [0.1, 0.15) is 6.17 Å². The number of hydrogen-bond acceptors (Lipinski definition) is 5. The van der Waals surface area contributed by atoms with Crippen molar-refractivity contribution in [2.75, 3.05) is 0 Å². The smallest absolute Gasteiger partial charge is 0.349 e. The van der Waals surface area contributed by atoms with Crippen molar-refractivity contribution in [2.24, 2.45) is 0 Å². The number of halogens is 5. The number of alkyl halides is 4. The number of pyridine rings is 1. The second-order valence-corrected chi connectivity index (χ2v) is 8.70. The van der Waals surface area contributed by atoms with Gasteiger partial charge in [-0.3, -0.25) is 9.78 Å². The zero-order valence-corrected chi connectivity index (χ0v) is 18.1. The van der Waals surface area contributed by atoms with E-state index in [2.05, 4.69) is 41.5 Å². The van der Waals surface area contributed by atoms with E-state index in [0.717, 1.165) is 30.9 Å². The molecule has 3 heterocycles. The molecule has 3 unspecified atom stereocenters. The Balaban J connectivity index is 1.56. The summed E-state index contributed by atoms with van der Waals surface area (Å²) in [6.07, 6.45) is -1.40. The molecule has 0 aromatic carbocycles. The summed E-state index contributed by atoms with van der Waals surface area (Å²) in [5.41, 5.74) is 2.35. The van der Waals surface area contributed by atoms with Crippen molar-refractivity contribution in [3.63, 3.8) is 0 Å². The first-order valence-corrected chi connectivity index (χ1v) is 10.7. The molecular weight excluding hydrogens is 482 g/mol. The minimum Gasteiger partial charge on any atom is -0.349 e. The second-order valence-electron chi connectivity index (χ2n) is 7.91. The van der Waals surface area contributed by atoms with Gasteiger partial charge in [-0.15, -0.1) is 0 Å². The molecule has 2 aliphatic rings. The molecule has 0 radical (unpaired) electrons. The highest BCUT2D eigenvalue weighted by Crippen LogP contribution is 2.45. The van der Waals surface area contributed by atoms with Crippen LogP contribution in [-0.2, 0) is 17.5 Å². The molecule has 3 atom stereocenters. The summed E-state index contributed by atoms with van der Waals surface area (Å²) < 4.78 is 52.7. The summed E-state index contributed by atoms with van der Waals surface area (Å²) in [6, 6.07) is 0.700. The van der Waals surface area contributed by atoms with Crippen LogP contribution in [0, 0.1) is 0 Å². The van der Waals surface area contributed by atoms with Gasteiger partial charge in [-0.25, -0.2) is 14.4 Å². The lowest BCUT2D eigenvalue weighted by Gasteiger charge is -2.15. The number of nitrogens with one attached hydrogen (secondary N) is 2. The van der Waals surface area contributed by atoms with Crippen molar-refractivity contribution >= 4 is 21.8 Å². The van der Waals surface area contributed by atoms with Crippen molar-refractivity contribution in [1.29, 1.82) is 0 Å². The molecule has 2 N–H and O–H groups in total. The van der Waals surface area contributed by atoms with E-state index in [1.165, 1.54) is 0 Å². The van der Waals surface area contributed by atoms with Gasteiger partial charge in [0, 0.05) is 46.4 Å². The third-order valence-corrected chi connectivity index (χ3v) is 6.28. The molecule has 0 bridgehead atoms. The maximum Gasteiger partial charge on any atom is 0.451 e. The number of nitrogens with zero attached hydrogens (tertiary/aromatic N) is 3. The number of carbonyl (C=O) groups excluding carboxylic acids is 1. The van der Waals surface area contributed by atoms with Crippen molar-refractivity contribution in [1.82, 2.24) is 25.6 Å². The Hall–Kier alpha value is -2.14. The normalized spacial score (nSPS) is 23.7. The summed E-state index contributed by atoms with van der Waals surface area (Å²) in [5, 5.41) is 5.69. The SMILES string of the molecule is CC1NC(C(=O)NCc2cc(-c3cnc(C(F)(F)F)nc3)c(Br)c(C3CC3)n2)CC1F. The molecule has 1 aliphatic carbocycles. The fraction of sp³-hybridized carbons (Fsp3) is 0.500. The highest BCUT2D eigenvalue weighted by atomic mass is 79.9. The van der Waals surface area contributed by atoms with Gasteiger partial charge < -0.3 is 10.6 Å². The number of hydrogen-bond donors (Lipinski definition) is 2. The monoisotopic (exact) mass is 501 g/mol. The zero-order valence-electron chi connectivity index (χ0n) is 16.5. The Labute approximate surface area is 184 Å². The van der Waals surface area contributed by atoms with E-state index in [4.69, 9.17) is 0 Å². The highest BCUT2D eigenvalue weighted by molar-refractivity contribution is 9.10. The van der Waals surface area contributed by atoms with Gasteiger partial charge in [0.05, 0.1) is 24.0 Å². The molecule has 1 saturated carbocycles. The van der Waals surface area contributed by atoms with Crippen molar-refractivity contribution in [3.8, 4) is 11.1 Å². The van der Waals surface area contributed by atoms with Crippen molar-refractivity contribution in [3.05, 3.63) is 40.1 Å². The van der Waals surface area contributed by atoms with Crippen LogP contribution in [0.4, 0.5) is 17.6 Å². The molecule has 1 aliphatic heterocycles. The van der Waals surface area contributed by atoms with Gasteiger partial charge in [0.2, 0.25) is 11.7 Å². The summed E-state index contributed by atoms with van der Waals surface area (Å²) in [6.45, 7) is 1.80. The van der Waals surface area contributed by atoms with Crippen LogP contribution in [-0.4, -0.2) is 39.1 Å². The minimum absolute atomic E-state index is 0.113. The molecular formula is C20H20BrF4N5O. The first-order chi connectivity index (χ1) is 14.6. The maximum atomic E-state index is 13.7. The van der Waals surface area contributed by atoms with Crippen molar-refractivity contribution in [2.45, 2.75) is 63.1 Å². The van der Waals surface area contributed by atoms with E-state index >= 15 is 0 Å². The van der Waals surface area contributed by atoms with E-state index in [1.807, 2.05) is 0 Å². The lowest BCUT2D eigenvalue weighted by Crippen LogP contribution is -2.42. The summed E-state index contributed by atoms with van der Waals surface area (Å²) in [5.74, 6) is -1.27. The van der Waals surface area contributed by atoms with E-state index in [-0.39, 0.29) is 30.8 Å². The second kappa shape index (κ2) is 8.42. The molecule has 6 nitrogen and oxygen atoms in total. The van der Waals surface area contributed by atoms with Crippen LogP contribution in [0.1, 0.15) is 49.3 Å². The molecule has 2 fully saturated rings. The fourth-order valence-electron chi connectivity index (χ4n) is 3.55. The first-order valence-electron chi connectivity index (χ1n) is 9.90. The molecule has 2 aromatic heterocycles. The van der Waals surface area contributed by atoms with Gasteiger partial charge in [-0.2, -0.15) is 13.2 Å². The van der Waals surface area contributed by atoms with Crippen LogP contribution in [0.5, 0.6) is 0 Å². The topological polar surface area (TPSA) is 79.8 Å². The van der Waals surface area contributed by atoms with Crippen LogP contribution in [0.15, 0.2) is 22.9 Å². The van der Waals surface area contributed by atoms with Crippen LogP contribution < -0.4 is 10.6 Å². The lowest BCUT2D eigenvalue weighted by atomic mass is 10.1. The molecule has 4 rings (SSSR count). The van der Waals surface area contributed by atoms with E-state index < -0.39 is 24.2 Å². The third-order valence-electron chi connectivity index (χ3n) is 5.44. The average Bonchev–Trinajstić information content (AvgIpc) is 3.51. The predicted molar refractivity (Wildman–Crippen MR) is 108 cm³/mol. The zero-order chi connectivity index (χ0) is 22.3. The van der Waals surface area contributed by atoms with Crippen molar-refractivity contribution < 1.29 is 22.4 Å². The molecule has 11 heteroatoms. The van der Waals surface area contributed by atoms with Gasteiger partial charge in [0.15, 0.2) is 0 Å². The molecule has 0 spiro atoms. The van der Waals surface area contributed by atoms with Gasteiger partial charge in [0.25, 0.3) is 0 Å². The van der Waals surface area contributed by atoms with Gasteiger partial charge in [-0.05, 0) is 41.8 Å². The third kappa shape index (κ3) is 4.87. The first kappa shape index (κ1) is 22.1. The maximum absolute atomic E-state index is 13.7. The molecule has 166 valence electrons. The number of rotatable bonds is 5. The largest absolute Gasteiger partial charge is 0.451 e. The Bertz CT molecular complexity index is 971. The number of aromatic nitrogens is 3. The minimum atomic E-state index is -4.62. The Morgan fingerprint density at radius 3 is 2.52 bits per heavy atom. The summed E-state index contributed by atoms with van der Waals surface area (Å²) in [4.78, 5) is 23.9. The van der Waals surface area contributed by atoms with Gasteiger partial charge in [-0.1, -0.05) is 0 Å². The molecule has 1 saturated heterocycles. The van der Waals surface area contributed by atoms with Crippen LogP contribution >= 0.6 is 15.9 Å². The van der Waals surface area contributed by atoms with E-state index in [0.29, 0.717) is 21.3 Å². The van der Waals surface area contributed by atoms with Gasteiger partial charge >= 0.3 is 6.18 Å². The van der Waals surface area contributed by atoms with Crippen LogP contribution in [0.3, 0.4) is 0 Å². The average molecular weight is 502 g/mol. The van der Waals surface area contributed by atoms with Crippen LogP contribution in [0.2, 0.25) is 0 Å². The van der Waals surface area contributed by atoms with E-state index in [1.54, 1.807) is 13.0 Å². The predicted octanol–water partition coefficient (Wildman–Crippen LogP) is 3.90. The molecule has 1 amide bonds. The Morgan fingerprint density at radius 1 is 1.29 bits per heavy atom. The Morgan fingerprint density at radius 2 is 1.97 bits per heavy atom. The molecule has 31 heavy (non-hydrogen) atoms. The lowest BCUT2D eigenvalue weighted by molar-refractivity contribution is -0.145. The standard InChI is InChI=1S/C20H20BrF4N5O/c1-9-14(22)5-15(29-9)18(31)26-8-12-4-13(16(21)17(30-12)10-2-3-10)11-6-27-19(28-7-11)20(23,24)25/h4,6-7,9-10,14-15,29H,2-3,5,8H2,1H3,(H,26,31). The quantitative estimate of drug-likeness (QED) is 0.607. The number of carbonyl (C=O) groups is 1. The van der Waals surface area contributed by atoms with Crippen LogP contribution in [0.25, 0.3) is 11.1 Å². The van der Waals surface area contributed by atoms with E-state index in [9.17, 15) is 22.4 Å². The highest BCUT2D eigenvalue weighted by Gasteiger charge is 2.36. The Kier molecular flexibility index (Phi) is 5.99.